The number of hydrogen-bond acceptors (Lipinski definition) is 5. The van der Waals surface area contributed by atoms with E-state index in [1.165, 1.54) is 6.26 Å². The number of para-hydroxylation sites is 1. The summed E-state index contributed by atoms with van der Waals surface area (Å²) >= 11 is 0. The second-order valence-corrected chi connectivity index (χ2v) is 6.21. The average molecular weight is 271 g/mol. The summed E-state index contributed by atoms with van der Waals surface area (Å²) in [6.07, 6.45) is 1.14. The van der Waals surface area contributed by atoms with Gasteiger partial charge in [0, 0.05) is 19.3 Å². The molecule has 1 aromatic rings. The van der Waals surface area contributed by atoms with E-state index < -0.39 is 9.84 Å². The first kappa shape index (κ1) is 13.3. The molecule has 1 aliphatic heterocycles. The van der Waals surface area contributed by atoms with Crippen LogP contribution in [0.2, 0.25) is 0 Å². The minimum Gasteiger partial charge on any atom is -0.489 e. The van der Waals surface area contributed by atoms with Crippen LogP contribution in [0.4, 0.5) is 0 Å². The van der Waals surface area contributed by atoms with Crippen LogP contribution in [0.25, 0.3) is 0 Å². The van der Waals surface area contributed by atoms with Crippen molar-refractivity contribution in [3.05, 3.63) is 24.3 Å². The van der Waals surface area contributed by atoms with E-state index in [2.05, 4.69) is 5.32 Å². The quantitative estimate of drug-likeness (QED) is 0.862. The predicted octanol–water partition coefficient (Wildman–Crippen LogP) is 0.457. The third-order valence-electron chi connectivity index (χ3n) is 2.68. The Labute approximate surface area is 107 Å². The molecule has 0 saturated carbocycles. The van der Waals surface area contributed by atoms with E-state index in [9.17, 15) is 8.42 Å². The highest BCUT2D eigenvalue weighted by Crippen LogP contribution is 2.23. The molecule has 5 nitrogen and oxygen atoms in total. The Morgan fingerprint density at radius 1 is 1.44 bits per heavy atom. The van der Waals surface area contributed by atoms with Crippen LogP contribution >= 0.6 is 0 Å². The molecule has 0 spiro atoms. The first-order chi connectivity index (χ1) is 8.57. The van der Waals surface area contributed by atoms with Gasteiger partial charge >= 0.3 is 0 Å². The SMILES string of the molecule is CS(=O)(=O)c1ccccc1OCC1CNCCO1. The molecule has 100 valence electrons. The van der Waals surface area contributed by atoms with Gasteiger partial charge < -0.3 is 14.8 Å². The molecule has 18 heavy (non-hydrogen) atoms. The average Bonchev–Trinajstić information content (AvgIpc) is 2.37. The summed E-state index contributed by atoms with van der Waals surface area (Å²) in [5.74, 6) is 0.383. The topological polar surface area (TPSA) is 64.6 Å². The van der Waals surface area contributed by atoms with Gasteiger partial charge in [-0.1, -0.05) is 12.1 Å². The van der Waals surface area contributed by atoms with Crippen molar-refractivity contribution in [2.75, 3.05) is 32.6 Å². The van der Waals surface area contributed by atoms with E-state index in [4.69, 9.17) is 9.47 Å². The van der Waals surface area contributed by atoms with Crippen LogP contribution in [-0.4, -0.2) is 47.1 Å². The molecule has 1 aromatic carbocycles. The smallest absolute Gasteiger partial charge is 0.179 e. The van der Waals surface area contributed by atoms with Crippen molar-refractivity contribution < 1.29 is 17.9 Å². The van der Waals surface area contributed by atoms with Crippen molar-refractivity contribution in [2.45, 2.75) is 11.0 Å². The third kappa shape index (κ3) is 3.44. The largest absolute Gasteiger partial charge is 0.489 e. The van der Waals surface area contributed by atoms with Gasteiger partial charge in [0.25, 0.3) is 0 Å². The van der Waals surface area contributed by atoms with Gasteiger partial charge in [0.15, 0.2) is 9.84 Å². The van der Waals surface area contributed by atoms with Crippen LogP contribution in [0.3, 0.4) is 0 Å². The van der Waals surface area contributed by atoms with Gasteiger partial charge in [0.2, 0.25) is 0 Å². The Morgan fingerprint density at radius 2 is 2.22 bits per heavy atom. The van der Waals surface area contributed by atoms with Crippen molar-refractivity contribution in [1.29, 1.82) is 0 Å². The van der Waals surface area contributed by atoms with Crippen molar-refractivity contribution in [3.63, 3.8) is 0 Å². The number of hydrogen-bond donors (Lipinski definition) is 1. The van der Waals surface area contributed by atoms with E-state index in [1.54, 1.807) is 24.3 Å². The summed E-state index contributed by atoms with van der Waals surface area (Å²) in [5.41, 5.74) is 0. The molecule has 0 radical (unpaired) electrons. The molecular weight excluding hydrogens is 254 g/mol. The molecule has 0 amide bonds. The molecule has 1 fully saturated rings. The van der Waals surface area contributed by atoms with Crippen LogP contribution in [0.15, 0.2) is 29.2 Å². The lowest BCUT2D eigenvalue weighted by Crippen LogP contribution is -2.41. The molecule has 1 aliphatic rings. The summed E-state index contributed by atoms with van der Waals surface area (Å²) in [4.78, 5) is 0.216. The number of rotatable bonds is 4. The van der Waals surface area contributed by atoms with Crippen molar-refractivity contribution >= 4 is 9.84 Å². The molecule has 1 saturated heterocycles. The highest BCUT2D eigenvalue weighted by molar-refractivity contribution is 7.90. The lowest BCUT2D eigenvalue weighted by molar-refractivity contribution is -0.000398. The molecule has 1 heterocycles. The highest BCUT2D eigenvalue weighted by Gasteiger charge is 2.17. The maximum Gasteiger partial charge on any atom is 0.179 e. The van der Waals surface area contributed by atoms with Crippen molar-refractivity contribution in [3.8, 4) is 5.75 Å². The first-order valence-corrected chi connectivity index (χ1v) is 7.71. The summed E-state index contributed by atoms with van der Waals surface area (Å²) < 4.78 is 34.2. The maximum absolute atomic E-state index is 11.6. The van der Waals surface area contributed by atoms with E-state index >= 15 is 0 Å². The number of nitrogens with one attached hydrogen (secondary N) is 1. The zero-order valence-electron chi connectivity index (χ0n) is 10.3. The van der Waals surface area contributed by atoms with Crippen LogP contribution in [0.5, 0.6) is 5.75 Å². The van der Waals surface area contributed by atoms with Crippen LogP contribution in [0.1, 0.15) is 0 Å². The number of ether oxygens (including phenoxy) is 2. The summed E-state index contributed by atoms with van der Waals surface area (Å²) in [7, 11) is -3.27. The zero-order chi connectivity index (χ0) is 13.0. The number of benzene rings is 1. The Kier molecular flexibility index (Phi) is 4.21. The van der Waals surface area contributed by atoms with Gasteiger partial charge in [0.05, 0.1) is 6.61 Å². The number of sulfone groups is 1. The van der Waals surface area contributed by atoms with Gasteiger partial charge in [-0.2, -0.15) is 0 Å². The highest BCUT2D eigenvalue weighted by atomic mass is 32.2. The molecule has 2 rings (SSSR count). The van der Waals surface area contributed by atoms with Crippen LogP contribution in [-0.2, 0) is 14.6 Å². The Morgan fingerprint density at radius 3 is 2.89 bits per heavy atom. The van der Waals surface area contributed by atoms with E-state index in [0.29, 0.717) is 19.0 Å². The first-order valence-electron chi connectivity index (χ1n) is 5.81. The summed E-state index contributed by atoms with van der Waals surface area (Å²) in [6.45, 7) is 2.57. The molecule has 6 heteroatoms. The maximum atomic E-state index is 11.6. The van der Waals surface area contributed by atoms with E-state index in [-0.39, 0.29) is 11.0 Å². The third-order valence-corrected chi connectivity index (χ3v) is 3.81. The van der Waals surface area contributed by atoms with E-state index in [1.807, 2.05) is 0 Å². The summed E-state index contributed by atoms with van der Waals surface area (Å²) in [5, 5.41) is 3.19. The molecule has 0 aromatic heterocycles. The fourth-order valence-electron chi connectivity index (χ4n) is 1.79. The fourth-order valence-corrected chi connectivity index (χ4v) is 2.60. The molecule has 1 N–H and O–H groups in total. The van der Waals surface area contributed by atoms with Gasteiger partial charge in [-0.05, 0) is 12.1 Å². The number of morpholine rings is 1. The second kappa shape index (κ2) is 5.69. The van der Waals surface area contributed by atoms with Gasteiger partial charge in [-0.25, -0.2) is 8.42 Å². The minimum absolute atomic E-state index is 0.0358. The van der Waals surface area contributed by atoms with Crippen LogP contribution < -0.4 is 10.1 Å². The fraction of sp³-hybridized carbons (Fsp3) is 0.500. The monoisotopic (exact) mass is 271 g/mol. The van der Waals surface area contributed by atoms with Gasteiger partial charge in [0.1, 0.15) is 23.4 Å². The standard InChI is InChI=1S/C12H17NO4S/c1-18(14,15)12-5-3-2-4-11(12)17-9-10-8-13-6-7-16-10/h2-5,10,13H,6-9H2,1H3. The van der Waals surface area contributed by atoms with Crippen molar-refractivity contribution in [2.24, 2.45) is 0 Å². The van der Waals surface area contributed by atoms with E-state index in [0.717, 1.165) is 13.1 Å². The molecule has 0 bridgehead atoms. The minimum atomic E-state index is -3.27. The Balaban J connectivity index is 2.05. The molecule has 1 atom stereocenters. The van der Waals surface area contributed by atoms with Crippen molar-refractivity contribution in [1.82, 2.24) is 5.32 Å². The lowest BCUT2D eigenvalue weighted by atomic mass is 10.3. The predicted molar refractivity (Wildman–Crippen MR) is 67.7 cm³/mol. The summed E-state index contributed by atoms with van der Waals surface area (Å²) in [6, 6.07) is 6.64. The van der Waals surface area contributed by atoms with Gasteiger partial charge in [-0.3, -0.25) is 0 Å². The Bertz CT molecular complexity index is 495. The normalized spacial score (nSPS) is 20.6. The van der Waals surface area contributed by atoms with Crippen LogP contribution in [0, 0.1) is 0 Å². The molecule has 0 aliphatic carbocycles. The molecular formula is C12H17NO4S. The second-order valence-electron chi connectivity index (χ2n) is 4.23. The Hall–Kier alpha value is -1.11. The molecule has 1 unspecified atom stereocenters. The lowest BCUT2D eigenvalue weighted by Gasteiger charge is -2.24. The zero-order valence-corrected chi connectivity index (χ0v) is 11.1. The van der Waals surface area contributed by atoms with Gasteiger partial charge in [-0.15, -0.1) is 0 Å².